The van der Waals surface area contributed by atoms with Gasteiger partial charge in [-0.15, -0.1) is 0 Å². The van der Waals surface area contributed by atoms with Crippen LogP contribution in [0.4, 0.5) is 0 Å². The van der Waals surface area contributed by atoms with Gasteiger partial charge >= 0.3 is 0 Å². The topological polar surface area (TPSA) is 32.3 Å². The molecular formula is C17H25ClN2O. The molecule has 0 aromatic heterocycles. The first-order valence-electron chi connectivity index (χ1n) is 7.74. The number of halogens is 1. The van der Waals surface area contributed by atoms with E-state index in [1.54, 1.807) is 0 Å². The van der Waals surface area contributed by atoms with Gasteiger partial charge in [0.05, 0.1) is 6.42 Å². The molecule has 1 aliphatic rings. The van der Waals surface area contributed by atoms with Crippen LogP contribution in [0.5, 0.6) is 0 Å². The molecule has 1 aliphatic heterocycles. The summed E-state index contributed by atoms with van der Waals surface area (Å²) in [6, 6.07) is 7.51. The molecule has 1 saturated heterocycles. The highest BCUT2D eigenvalue weighted by atomic mass is 35.5. The summed E-state index contributed by atoms with van der Waals surface area (Å²) in [5.74, 6) is 0.0354. The lowest BCUT2D eigenvalue weighted by Gasteiger charge is -2.41. The Bertz CT molecular complexity index is 481. The summed E-state index contributed by atoms with van der Waals surface area (Å²) in [7, 11) is 0. The second-order valence-corrected chi connectivity index (χ2v) is 6.81. The number of amides is 1. The number of piperidine rings is 1. The molecule has 2 rings (SSSR count). The van der Waals surface area contributed by atoms with Crippen molar-refractivity contribution in [1.29, 1.82) is 0 Å². The Morgan fingerprint density at radius 3 is 2.57 bits per heavy atom. The fourth-order valence-corrected chi connectivity index (χ4v) is 3.01. The molecular weight excluding hydrogens is 284 g/mol. The minimum atomic E-state index is 0.0105. The number of nitrogens with one attached hydrogen (secondary N) is 1. The maximum atomic E-state index is 12.1. The van der Waals surface area contributed by atoms with E-state index in [-0.39, 0.29) is 11.4 Å². The van der Waals surface area contributed by atoms with Gasteiger partial charge in [0, 0.05) is 17.1 Å². The van der Waals surface area contributed by atoms with Crippen molar-refractivity contribution in [3.63, 3.8) is 0 Å². The van der Waals surface area contributed by atoms with Gasteiger partial charge in [0.15, 0.2) is 0 Å². The summed E-state index contributed by atoms with van der Waals surface area (Å²) in [5.41, 5.74) is 0.892. The zero-order chi connectivity index (χ0) is 15.3. The smallest absolute Gasteiger partial charge is 0.224 e. The number of carbonyl (C=O) groups is 1. The van der Waals surface area contributed by atoms with E-state index in [0.717, 1.165) is 18.7 Å². The number of benzene rings is 1. The molecule has 3 nitrogen and oxygen atoms in total. The van der Waals surface area contributed by atoms with Crippen LogP contribution in [-0.4, -0.2) is 36.0 Å². The molecule has 0 radical (unpaired) electrons. The van der Waals surface area contributed by atoms with Crippen LogP contribution in [-0.2, 0) is 11.2 Å². The number of carbonyl (C=O) groups excluding carboxylic acids is 1. The van der Waals surface area contributed by atoms with Gasteiger partial charge < -0.3 is 5.32 Å². The molecule has 1 amide bonds. The third-order valence-electron chi connectivity index (χ3n) is 4.24. The zero-order valence-corrected chi connectivity index (χ0v) is 13.7. The number of nitrogens with zero attached hydrogens (tertiary/aromatic N) is 1. The molecule has 0 spiro atoms. The van der Waals surface area contributed by atoms with Gasteiger partial charge in [-0.05, 0) is 51.4 Å². The standard InChI is InChI=1S/C17H25ClN2O/c1-17(2,20-10-6-3-7-11-20)13-19-16(21)12-14-8-4-5-9-15(14)18/h4-5,8-9H,3,6-7,10-13H2,1-2H3,(H,19,21). The quantitative estimate of drug-likeness (QED) is 0.905. The van der Waals surface area contributed by atoms with Crippen molar-refractivity contribution >= 4 is 17.5 Å². The van der Waals surface area contributed by atoms with Crippen LogP contribution < -0.4 is 5.32 Å². The van der Waals surface area contributed by atoms with Crippen molar-refractivity contribution in [3.05, 3.63) is 34.9 Å². The van der Waals surface area contributed by atoms with E-state index in [1.165, 1.54) is 19.3 Å². The largest absolute Gasteiger partial charge is 0.354 e. The van der Waals surface area contributed by atoms with Crippen LogP contribution in [0.3, 0.4) is 0 Å². The van der Waals surface area contributed by atoms with Gasteiger partial charge in [0.2, 0.25) is 5.91 Å². The second kappa shape index (κ2) is 7.28. The van der Waals surface area contributed by atoms with E-state index < -0.39 is 0 Å². The van der Waals surface area contributed by atoms with E-state index in [1.807, 2.05) is 24.3 Å². The Labute approximate surface area is 132 Å². The summed E-state index contributed by atoms with van der Waals surface area (Å²) in [4.78, 5) is 14.6. The average Bonchev–Trinajstić information content (AvgIpc) is 2.49. The summed E-state index contributed by atoms with van der Waals surface area (Å²) in [5, 5.41) is 3.71. The maximum absolute atomic E-state index is 12.1. The van der Waals surface area contributed by atoms with Gasteiger partial charge in [0.25, 0.3) is 0 Å². The lowest BCUT2D eigenvalue weighted by atomic mass is 9.98. The fourth-order valence-electron chi connectivity index (χ4n) is 2.80. The predicted molar refractivity (Wildman–Crippen MR) is 87.7 cm³/mol. The van der Waals surface area contributed by atoms with Crippen molar-refractivity contribution < 1.29 is 4.79 Å². The second-order valence-electron chi connectivity index (χ2n) is 6.41. The number of rotatable bonds is 5. The maximum Gasteiger partial charge on any atom is 0.224 e. The van der Waals surface area contributed by atoms with E-state index in [9.17, 15) is 4.79 Å². The Morgan fingerprint density at radius 2 is 1.90 bits per heavy atom. The average molecular weight is 309 g/mol. The van der Waals surface area contributed by atoms with E-state index in [2.05, 4.69) is 24.1 Å². The van der Waals surface area contributed by atoms with Gasteiger partial charge in [-0.1, -0.05) is 36.2 Å². The highest BCUT2D eigenvalue weighted by molar-refractivity contribution is 6.31. The molecule has 1 N–H and O–H groups in total. The molecule has 0 aliphatic carbocycles. The van der Waals surface area contributed by atoms with Crippen LogP contribution in [0, 0.1) is 0 Å². The van der Waals surface area contributed by atoms with Crippen molar-refractivity contribution in [1.82, 2.24) is 10.2 Å². The van der Waals surface area contributed by atoms with Crippen LogP contribution in [0.25, 0.3) is 0 Å². The third kappa shape index (κ3) is 4.72. The highest BCUT2D eigenvalue weighted by Crippen LogP contribution is 2.20. The number of hydrogen-bond acceptors (Lipinski definition) is 2. The summed E-state index contributed by atoms with van der Waals surface area (Å²) >= 11 is 6.09. The molecule has 116 valence electrons. The molecule has 0 saturated carbocycles. The van der Waals surface area contributed by atoms with Crippen LogP contribution in [0.1, 0.15) is 38.7 Å². The molecule has 4 heteroatoms. The van der Waals surface area contributed by atoms with Crippen molar-refractivity contribution in [2.75, 3.05) is 19.6 Å². The Hall–Kier alpha value is -1.06. The molecule has 1 aromatic carbocycles. The first kappa shape index (κ1) is 16.3. The predicted octanol–water partition coefficient (Wildman–Crippen LogP) is 3.26. The molecule has 1 fully saturated rings. The monoisotopic (exact) mass is 308 g/mol. The van der Waals surface area contributed by atoms with E-state index in [0.29, 0.717) is 18.0 Å². The number of likely N-dealkylation sites (tertiary alicyclic amines) is 1. The fraction of sp³-hybridized carbons (Fsp3) is 0.588. The minimum Gasteiger partial charge on any atom is -0.354 e. The summed E-state index contributed by atoms with van der Waals surface area (Å²) in [6.45, 7) is 7.35. The van der Waals surface area contributed by atoms with Crippen molar-refractivity contribution in [2.24, 2.45) is 0 Å². The molecule has 0 atom stereocenters. The Morgan fingerprint density at radius 1 is 1.24 bits per heavy atom. The molecule has 0 bridgehead atoms. The van der Waals surface area contributed by atoms with Gasteiger partial charge in [-0.25, -0.2) is 0 Å². The molecule has 1 aromatic rings. The van der Waals surface area contributed by atoms with E-state index in [4.69, 9.17) is 11.6 Å². The SMILES string of the molecule is CC(C)(CNC(=O)Cc1ccccc1Cl)N1CCCCC1. The van der Waals surface area contributed by atoms with Crippen LogP contribution in [0.15, 0.2) is 24.3 Å². The summed E-state index contributed by atoms with van der Waals surface area (Å²) < 4.78 is 0. The lowest BCUT2D eigenvalue weighted by molar-refractivity contribution is -0.121. The van der Waals surface area contributed by atoms with Gasteiger partial charge in [0.1, 0.15) is 0 Å². The zero-order valence-electron chi connectivity index (χ0n) is 13.0. The first-order chi connectivity index (χ1) is 9.99. The van der Waals surface area contributed by atoms with Gasteiger partial charge in [-0.2, -0.15) is 0 Å². The molecule has 21 heavy (non-hydrogen) atoms. The van der Waals surface area contributed by atoms with Crippen molar-refractivity contribution in [2.45, 2.75) is 45.1 Å². The van der Waals surface area contributed by atoms with E-state index >= 15 is 0 Å². The highest BCUT2D eigenvalue weighted by Gasteiger charge is 2.28. The third-order valence-corrected chi connectivity index (χ3v) is 4.61. The normalized spacial score (nSPS) is 16.7. The molecule has 0 unspecified atom stereocenters. The van der Waals surface area contributed by atoms with Gasteiger partial charge in [-0.3, -0.25) is 9.69 Å². The Balaban J connectivity index is 1.84. The minimum absolute atomic E-state index is 0.0105. The first-order valence-corrected chi connectivity index (χ1v) is 8.12. The Kier molecular flexibility index (Phi) is 5.65. The number of hydrogen-bond donors (Lipinski definition) is 1. The van der Waals surface area contributed by atoms with Crippen molar-refractivity contribution in [3.8, 4) is 0 Å². The lowest BCUT2D eigenvalue weighted by Crippen LogP contribution is -2.53. The molecule has 1 heterocycles. The summed E-state index contributed by atoms with van der Waals surface area (Å²) in [6.07, 6.45) is 4.19. The van der Waals surface area contributed by atoms with Crippen LogP contribution >= 0.6 is 11.6 Å². The van der Waals surface area contributed by atoms with Crippen LogP contribution in [0.2, 0.25) is 5.02 Å².